The van der Waals surface area contributed by atoms with Crippen LogP contribution in [0.3, 0.4) is 0 Å². The highest BCUT2D eigenvalue weighted by atomic mass is 127. The molecule has 0 radical (unpaired) electrons. The topological polar surface area (TPSA) is 55.8 Å². The van der Waals surface area contributed by atoms with Crippen molar-refractivity contribution in [2.75, 3.05) is 6.61 Å². The Kier molecular flexibility index (Phi) is 5.79. The Balaban J connectivity index is 3.79. The fraction of sp³-hybridized carbons (Fsp3) is 0.833. The van der Waals surface area contributed by atoms with Gasteiger partial charge < -0.3 is 12.9 Å². The van der Waals surface area contributed by atoms with Gasteiger partial charge in [-0.05, 0) is 13.8 Å². The molecule has 4 nitrogen and oxygen atoms in total. The van der Waals surface area contributed by atoms with E-state index < -0.39 is 12.1 Å². The van der Waals surface area contributed by atoms with Crippen molar-refractivity contribution >= 4 is 29.0 Å². The number of aliphatic carboxylic acids is 1. The lowest BCUT2D eigenvalue weighted by Gasteiger charge is -2.14. The molecule has 11 heavy (non-hydrogen) atoms. The van der Waals surface area contributed by atoms with Gasteiger partial charge in [0.2, 0.25) is 0 Å². The molecule has 0 amide bonds. The van der Waals surface area contributed by atoms with Gasteiger partial charge in [0.25, 0.3) is 0 Å². The van der Waals surface area contributed by atoms with E-state index in [1.165, 1.54) is 0 Å². The molecule has 0 saturated carbocycles. The summed E-state index contributed by atoms with van der Waals surface area (Å²) in [6, 6.07) is 0. The number of hydrogen-bond donors (Lipinski definition) is 1. The largest absolute Gasteiger partial charge is 0.479 e. The van der Waals surface area contributed by atoms with E-state index in [1.807, 2.05) is 0 Å². The van der Waals surface area contributed by atoms with Gasteiger partial charge in [0.05, 0.1) is 12.7 Å². The first kappa shape index (κ1) is 11.1. The third kappa shape index (κ3) is 5.40. The minimum Gasteiger partial charge on any atom is -0.479 e. The van der Waals surface area contributed by atoms with Crippen molar-refractivity contribution in [1.82, 2.24) is 0 Å². The number of rotatable bonds is 5. The van der Waals surface area contributed by atoms with Crippen molar-refractivity contribution in [1.29, 1.82) is 0 Å². The van der Waals surface area contributed by atoms with Gasteiger partial charge in [-0.25, -0.2) is 4.79 Å². The summed E-state index contributed by atoms with van der Waals surface area (Å²) in [4.78, 5) is 10.4. The van der Waals surface area contributed by atoms with E-state index in [0.717, 1.165) is 0 Å². The second kappa shape index (κ2) is 5.73. The lowest BCUT2D eigenvalue weighted by molar-refractivity contribution is -0.154. The average Bonchev–Trinajstić information content (AvgIpc) is 1.86. The molecule has 0 aromatic carbocycles. The number of carboxylic acid groups (broad SMARTS) is 1. The quantitative estimate of drug-likeness (QED) is 0.766. The molecule has 66 valence electrons. The Morgan fingerprint density at radius 2 is 2.18 bits per heavy atom. The standard InChI is InChI=1S/C6H11IO4/c1-4(2)11-5(3-10-7)6(8)9/h4-5H,3H2,1-2H3,(H,8,9). The van der Waals surface area contributed by atoms with E-state index in [0.29, 0.717) is 0 Å². The van der Waals surface area contributed by atoms with Gasteiger partial charge in [0, 0.05) is 0 Å². The highest BCUT2D eigenvalue weighted by Gasteiger charge is 2.19. The smallest absolute Gasteiger partial charge is 0.335 e. The maximum atomic E-state index is 10.4. The normalized spacial score (nSPS) is 13.5. The number of carbonyl (C=O) groups is 1. The predicted molar refractivity (Wildman–Crippen MR) is 47.6 cm³/mol. The molecule has 0 rings (SSSR count). The van der Waals surface area contributed by atoms with Crippen LogP contribution in [0.15, 0.2) is 0 Å². The van der Waals surface area contributed by atoms with Gasteiger partial charge in [-0.2, -0.15) is 0 Å². The van der Waals surface area contributed by atoms with Gasteiger partial charge in [-0.3, -0.25) is 0 Å². The molecule has 0 spiro atoms. The highest BCUT2D eigenvalue weighted by Crippen LogP contribution is 2.01. The summed E-state index contributed by atoms with van der Waals surface area (Å²) in [5.74, 6) is -0.990. The van der Waals surface area contributed by atoms with E-state index in [9.17, 15) is 4.79 Å². The maximum absolute atomic E-state index is 10.4. The summed E-state index contributed by atoms with van der Waals surface area (Å²) in [6.07, 6.45) is -0.949. The van der Waals surface area contributed by atoms with Gasteiger partial charge in [0.15, 0.2) is 6.10 Å². The molecule has 0 aliphatic rings. The van der Waals surface area contributed by atoms with Crippen molar-refractivity contribution in [3.05, 3.63) is 0 Å². The monoisotopic (exact) mass is 274 g/mol. The van der Waals surface area contributed by atoms with E-state index in [1.54, 1.807) is 36.9 Å². The number of carboxylic acids is 1. The summed E-state index contributed by atoms with van der Waals surface area (Å²) in [5.41, 5.74) is 0. The lowest BCUT2D eigenvalue weighted by Crippen LogP contribution is -2.30. The molecule has 0 aromatic rings. The summed E-state index contributed by atoms with van der Waals surface area (Å²) in [5, 5.41) is 8.54. The summed E-state index contributed by atoms with van der Waals surface area (Å²) >= 11 is 1.64. The molecule has 0 fully saturated rings. The third-order valence-corrected chi connectivity index (χ3v) is 1.29. The first-order valence-corrected chi connectivity index (χ1v) is 4.07. The first-order chi connectivity index (χ1) is 5.07. The zero-order chi connectivity index (χ0) is 8.85. The fourth-order valence-electron chi connectivity index (χ4n) is 0.555. The lowest BCUT2D eigenvalue weighted by atomic mass is 10.3. The third-order valence-electron chi connectivity index (χ3n) is 0.926. The minimum atomic E-state index is -0.990. The molecular weight excluding hydrogens is 263 g/mol. The van der Waals surface area contributed by atoms with Gasteiger partial charge in [-0.1, -0.05) is 0 Å². The Morgan fingerprint density at radius 3 is 2.45 bits per heavy atom. The summed E-state index contributed by atoms with van der Waals surface area (Å²) < 4.78 is 9.65. The van der Waals surface area contributed by atoms with Crippen molar-refractivity contribution in [3.63, 3.8) is 0 Å². The number of ether oxygens (including phenoxy) is 1. The van der Waals surface area contributed by atoms with Crippen LogP contribution in [-0.4, -0.2) is 29.9 Å². The van der Waals surface area contributed by atoms with Crippen LogP contribution < -0.4 is 0 Å². The van der Waals surface area contributed by atoms with Crippen molar-refractivity contribution in [2.24, 2.45) is 0 Å². The summed E-state index contributed by atoms with van der Waals surface area (Å²) in [7, 11) is 0. The fourth-order valence-corrected chi connectivity index (χ4v) is 0.881. The first-order valence-electron chi connectivity index (χ1n) is 3.19. The molecule has 0 saturated heterocycles. The average molecular weight is 274 g/mol. The zero-order valence-corrected chi connectivity index (χ0v) is 8.57. The molecule has 0 heterocycles. The van der Waals surface area contributed by atoms with Crippen LogP contribution in [0.1, 0.15) is 13.8 Å². The van der Waals surface area contributed by atoms with Crippen LogP contribution in [0, 0.1) is 0 Å². The van der Waals surface area contributed by atoms with Crippen LogP contribution in [-0.2, 0) is 12.6 Å². The highest BCUT2D eigenvalue weighted by molar-refractivity contribution is 14.1. The zero-order valence-electron chi connectivity index (χ0n) is 6.41. The van der Waals surface area contributed by atoms with Crippen LogP contribution in [0.2, 0.25) is 0 Å². The van der Waals surface area contributed by atoms with Crippen LogP contribution in [0.25, 0.3) is 0 Å². The van der Waals surface area contributed by atoms with Gasteiger partial charge in [-0.15, -0.1) is 0 Å². The summed E-state index contributed by atoms with van der Waals surface area (Å²) in [6.45, 7) is 3.64. The minimum absolute atomic E-state index is 0.0775. The molecule has 1 N–H and O–H groups in total. The van der Waals surface area contributed by atoms with Crippen molar-refractivity contribution in [3.8, 4) is 0 Å². The second-order valence-electron chi connectivity index (χ2n) is 2.29. The molecule has 0 aromatic heterocycles. The van der Waals surface area contributed by atoms with Crippen molar-refractivity contribution in [2.45, 2.75) is 26.1 Å². The Labute approximate surface area is 79.6 Å². The molecule has 1 unspecified atom stereocenters. The van der Waals surface area contributed by atoms with Gasteiger partial charge in [0.1, 0.15) is 23.0 Å². The van der Waals surface area contributed by atoms with E-state index in [-0.39, 0.29) is 12.7 Å². The van der Waals surface area contributed by atoms with E-state index in [4.69, 9.17) is 9.84 Å². The SMILES string of the molecule is CC(C)OC(COI)C(=O)O. The molecule has 0 bridgehead atoms. The Hall–Kier alpha value is 0.120. The number of halogens is 1. The van der Waals surface area contributed by atoms with Crippen molar-refractivity contribution < 1.29 is 17.7 Å². The van der Waals surface area contributed by atoms with Crippen LogP contribution in [0.4, 0.5) is 0 Å². The second-order valence-corrected chi connectivity index (χ2v) is 2.91. The molecule has 0 aliphatic carbocycles. The Morgan fingerprint density at radius 1 is 1.64 bits per heavy atom. The molecule has 1 atom stereocenters. The maximum Gasteiger partial charge on any atom is 0.335 e. The Bertz CT molecular complexity index is 126. The molecule has 5 heteroatoms. The van der Waals surface area contributed by atoms with Crippen LogP contribution in [0.5, 0.6) is 0 Å². The predicted octanol–water partition coefficient (Wildman–Crippen LogP) is 1.23. The van der Waals surface area contributed by atoms with Crippen LogP contribution >= 0.6 is 23.0 Å². The van der Waals surface area contributed by atoms with E-state index in [2.05, 4.69) is 3.07 Å². The molecule has 0 aliphatic heterocycles. The number of hydrogen-bond acceptors (Lipinski definition) is 3. The van der Waals surface area contributed by atoms with Gasteiger partial charge >= 0.3 is 5.97 Å². The molecular formula is C6H11IO4. The van der Waals surface area contributed by atoms with E-state index >= 15 is 0 Å².